The van der Waals surface area contributed by atoms with E-state index in [2.05, 4.69) is 0 Å². The second kappa shape index (κ2) is 7.87. The second-order valence-electron chi connectivity index (χ2n) is 5.98. The molecule has 1 heterocycles. The van der Waals surface area contributed by atoms with Gasteiger partial charge in [0.15, 0.2) is 0 Å². The first-order valence-corrected chi connectivity index (χ1v) is 7.84. The molecular formula is C16H21N3O5. The number of nitro groups is 1. The lowest BCUT2D eigenvalue weighted by atomic mass is 10.2. The van der Waals surface area contributed by atoms with E-state index in [4.69, 9.17) is 4.74 Å². The quantitative estimate of drug-likeness (QED) is 0.450. The number of hydrogen-bond acceptors (Lipinski definition) is 6. The second-order valence-corrected chi connectivity index (χ2v) is 5.98. The molecule has 2 rings (SSSR count). The number of hydrogen-bond donors (Lipinski definition) is 0. The lowest BCUT2D eigenvalue weighted by molar-refractivity contribution is -0.384. The number of aldehydes is 1. The van der Waals surface area contributed by atoms with Crippen LogP contribution in [0.1, 0.15) is 26.7 Å². The molecule has 1 saturated heterocycles. The molecule has 0 bridgehead atoms. The van der Waals surface area contributed by atoms with Crippen molar-refractivity contribution in [1.82, 2.24) is 9.80 Å². The summed E-state index contributed by atoms with van der Waals surface area (Å²) in [4.78, 5) is 37.1. The molecule has 8 nitrogen and oxygen atoms in total. The highest BCUT2D eigenvalue weighted by Gasteiger charge is 2.29. The molecule has 0 N–H and O–H groups in total. The van der Waals surface area contributed by atoms with Crippen LogP contribution in [0.4, 0.5) is 10.5 Å². The van der Waals surface area contributed by atoms with Crippen LogP contribution >= 0.6 is 0 Å². The summed E-state index contributed by atoms with van der Waals surface area (Å²) in [5, 5.41) is 10.6. The zero-order chi connectivity index (χ0) is 17.7. The van der Waals surface area contributed by atoms with E-state index in [1.165, 1.54) is 29.2 Å². The van der Waals surface area contributed by atoms with E-state index in [1.54, 1.807) is 0 Å². The molecule has 0 unspecified atom stereocenters. The molecule has 8 heteroatoms. The summed E-state index contributed by atoms with van der Waals surface area (Å²) in [7, 11) is 0. The highest BCUT2D eigenvalue weighted by molar-refractivity contribution is 5.71. The Morgan fingerprint density at radius 1 is 1.46 bits per heavy atom. The molecule has 0 aliphatic carbocycles. The largest absolute Gasteiger partial charge is 0.416 e. The number of ether oxygens (including phenoxy) is 1. The topological polar surface area (TPSA) is 93.0 Å². The van der Waals surface area contributed by atoms with Gasteiger partial charge in [0.2, 0.25) is 0 Å². The van der Waals surface area contributed by atoms with Crippen LogP contribution in [-0.2, 0) is 4.79 Å². The highest BCUT2D eigenvalue weighted by Crippen LogP contribution is 2.20. The Hall–Kier alpha value is -2.48. The summed E-state index contributed by atoms with van der Waals surface area (Å²) in [6.07, 6.45) is 2.09. The minimum atomic E-state index is -0.546. The van der Waals surface area contributed by atoms with Crippen molar-refractivity contribution in [2.45, 2.75) is 38.8 Å². The fourth-order valence-corrected chi connectivity index (χ4v) is 2.60. The third kappa shape index (κ3) is 4.29. The number of nitro benzene ring substituents is 1. The van der Waals surface area contributed by atoms with Crippen molar-refractivity contribution in [2.24, 2.45) is 0 Å². The molecule has 1 fully saturated rings. The van der Waals surface area contributed by atoms with Crippen LogP contribution in [0.3, 0.4) is 0 Å². The van der Waals surface area contributed by atoms with Gasteiger partial charge in [0.25, 0.3) is 5.69 Å². The molecule has 0 saturated carbocycles. The average molecular weight is 335 g/mol. The van der Waals surface area contributed by atoms with Gasteiger partial charge in [-0.05, 0) is 38.8 Å². The van der Waals surface area contributed by atoms with Crippen molar-refractivity contribution in [3.63, 3.8) is 0 Å². The summed E-state index contributed by atoms with van der Waals surface area (Å²) in [6.45, 7) is 4.80. The normalized spacial score (nSPS) is 17.7. The van der Waals surface area contributed by atoms with Gasteiger partial charge in [-0.2, -0.15) is 0 Å². The fraction of sp³-hybridized carbons (Fsp3) is 0.500. The van der Waals surface area contributed by atoms with Crippen molar-refractivity contribution in [1.29, 1.82) is 0 Å². The maximum atomic E-state index is 12.4. The van der Waals surface area contributed by atoms with Crippen LogP contribution in [0.15, 0.2) is 24.3 Å². The van der Waals surface area contributed by atoms with E-state index in [-0.39, 0.29) is 23.5 Å². The van der Waals surface area contributed by atoms with Gasteiger partial charge in [-0.25, -0.2) is 4.79 Å². The number of likely N-dealkylation sites (tertiary alicyclic amines) is 1. The van der Waals surface area contributed by atoms with E-state index in [9.17, 15) is 19.7 Å². The SMILES string of the molecule is CC(C)N(CN1CCC[C@@H]1C=O)C(=O)Oc1ccc([N+](=O)[O-])cc1. The highest BCUT2D eigenvalue weighted by atomic mass is 16.6. The minimum absolute atomic E-state index is 0.0681. The Morgan fingerprint density at radius 2 is 2.12 bits per heavy atom. The Bertz CT molecular complexity index is 602. The van der Waals surface area contributed by atoms with Crippen LogP contribution in [0.25, 0.3) is 0 Å². The van der Waals surface area contributed by atoms with Gasteiger partial charge in [-0.1, -0.05) is 0 Å². The Kier molecular flexibility index (Phi) is 5.86. The molecule has 130 valence electrons. The summed E-state index contributed by atoms with van der Waals surface area (Å²) >= 11 is 0. The zero-order valence-electron chi connectivity index (χ0n) is 13.8. The summed E-state index contributed by atoms with van der Waals surface area (Å²) in [5.41, 5.74) is -0.0681. The molecule has 1 aromatic rings. The average Bonchev–Trinajstić information content (AvgIpc) is 2.99. The smallest absolute Gasteiger partial charge is 0.410 e. The monoisotopic (exact) mass is 335 g/mol. The number of amides is 1. The van der Waals surface area contributed by atoms with E-state index < -0.39 is 11.0 Å². The van der Waals surface area contributed by atoms with Crippen molar-refractivity contribution < 1.29 is 19.2 Å². The van der Waals surface area contributed by atoms with Gasteiger partial charge < -0.3 is 9.53 Å². The lowest BCUT2D eigenvalue weighted by Crippen LogP contribution is -2.48. The van der Waals surface area contributed by atoms with Gasteiger partial charge in [-0.3, -0.25) is 19.9 Å². The fourth-order valence-electron chi connectivity index (χ4n) is 2.60. The molecule has 1 aromatic carbocycles. The van der Waals surface area contributed by atoms with Gasteiger partial charge >= 0.3 is 6.09 Å². The molecule has 1 amide bonds. The third-order valence-electron chi connectivity index (χ3n) is 4.02. The van der Waals surface area contributed by atoms with Gasteiger partial charge in [-0.15, -0.1) is 0 Å². The maximum absolute atomic E-state index is 12.4. The molecule has 0 aromatic heterocycles. The number of carbonyl (C=O) groups excluding carboxylic acids is 2. The molecule has 0 spiro atoms. The predicted molar refractivity (Wildman–Crippen MR) is 86.8 cm³/mol. The molecular weight excluding hydrogens is 314 g/mol. The van der Waals surface area contributed by atoms with E-state index in [0.717, 1.165) is 25.7 Å². The van der Waals surface area contributed by atoms with Crippen molar-refractivity contribution in [2.75, 3.05) is 13.2 Å². The summed E-state index contributed by atoms with van der Waals surface area (Å²) < 4.78 is 5.30. The number of carbonyl (C=O) groups is 2. The van der Waals surface area contributed by atoms with Gasteiger partial charge in [0.05, 0.1) is 17.6 Å². The molecule has 0 radical (unpaired) electrons. The number of non-ortho nitro benzene ring substituents is 1. The van der Waals surface area contributed by atoms with E-state index >= 15 is 0 Å². The summed E-state index contributed by atoms with van der Waals surface area (Å²) in [5.74, 6) is 0.240. The van der Waals surface area contributed by atoms with Crippen LogP contribution in [0.5, 0.6) is 5.75 Å². The first-order chi connectivity index (χ1) is 11.4. The zero-order valence-corrected chi connectivity index (χ0v) is 13.8. The number of benzene rings is 1. The van der Waals surface area contributed by atoms with E-state index in [1.807, 2.05) is 18.7 Å². The molecule has 24 heavy (non-hydrogen) atoms. The maximum Gasteiger partial charge on any atom is 0.416 e. The minimum Gasteiger partial charge on any atom is -0.410 e. The standard InChI is InChI=1S/C16H21N3O5/c1-12(2)18(11-17-9-3-4-14(17)10-20)16(21)24-15-7-5-13(6-8-15)19(22)23/h5-8,10,12,14H,3-4,9,11H2,1-2H3/t14-/m1/s1. The number of nitrogens with zero attached hydrogens (tertiary/aromatic N) is 3. The third-order valence-corrected chi connectivity index (χ3v) is 4.02. The first kappa shape index (κ1) is 17.9. The Morgan fingerprint density at radius 3 is 2.67 bits per heavy atom. The van der Waals surface area contributed by atoms with Crippen LogP contribution in [0.2, 0.25) is 0 Å². The van der Waals surface area contributed by atoms with Crippen LogP contribution in [-0.4, -0.2) is 52.4 Å². The van der Waals surface area contributed by atoms with Crippen molar-refractivity contribution in [3.05, 3.63) is 34.4 Å². The first-order valence-electron chi connectivity index (χ1n) is 7.84. The molecule has 1 atom stereocenters. The predicted octanol–water partition coefficient (Wildman–Crippen LogP) is 2.42. The van der Waals surface area contributed by atoms with Crippen LogP contribution in [0, 0.1) is 10.1 Å². The Labute approximate surface area is 140 Å². The summed E-state index contributed by atoms with van der Waals surface area (Å²) in [6, 6.07) is 5.06. The van der Waals surface area contributed by atoms with Crippen molar-refractivity contribution in [3.8, 4) is 5.75 Å². The van der Waals surface area contributed by atoms with E-state index in [0.29, 0.717) is 6.67 Å². The lowest BCUT2D eigenvalue weighted by Gasteiger charge is -2.31. The molecule has 1 aliphatic heterocycles. The number of rotatable bonds is 6. The Balaban J connectivity index is 2.03. The van der Waals surface area contributed by atoms with Crippen LogP contribution < -0.4 is 4.74 Å². The van der Waals surface area contributed by atoms with Gasteiger partial charge in [0, 0.05) is 24.7 Å². The van der Waals surface area contributed by atoms with Crippen molar-refractivity contribution >= 4 is 18.1 Å². The van der Waals surface area contributed by atoms with Gasteiger partial charge in [0.1, 0.15) is 12.0 Å². The molecule has 1 aliphatic rings.